The number of nitrogens with one attached hydrogen (secondary N) is 2. The molecule has 138 valence electrons. The fraction of sp³-hybridized carbons (Fsp3) is 0.389. The molecule has 1 unspecified atom stereocenters. The molecule has 1 aliphatic heterocycles. The molecule has 2 heterocycles. The maximum absolute atomic E-state index is 12.4. The van der Waals surface area contributed by atoms with Gasteiger partial charge in [0.2, 0.25) is 12.3 Å². The Bertz CT molecular complexity index is 828. The van der Waals surface area contributed by atoms with Gasteiger partial charge in [0.15, 0.2) is 0 Å². The van der Waals surface area contributed by atoms with E-state index in [-0.39, 0.29) is 18.2 Å². The molecule has 0 bridgehead atoms. The number of fused-ring (bicyclic) bond motifs is 1. The zero-order valence-electron chi connectivity index (χ0n) is 15.3. The Morgan fingerprint density at radius 1 is 1.27 bits per heavy atom. The maximum Gasteiger partial charge on any atom is 0.262 e. The van der Waals surface area contributed by atoms with Crippen molar-refractivity contribution in [2.45, 2.75) is 32.5 Å². The third-order valence-corrected chi connectivity index (χ3v) is 4.59. The van der Waals surface area contributed by atoms with Crippen molar-refractivity contribution in [1.82, 2.24) is 15.1 Å². The number of aromatic nitrogens is 2. The molecule has 1 aliphatic rings. The van der Waals surface area contributed by atoms with Gasteiger partial charge in [0.25, 0.3) is 5.91 Å². The summed E-state index contributed by atoms with van der Waals surface area (Å²) in [6, 6.07) is 7.67. The molecule has 0 saturated carbocycles. The summed E-state index contributed by atoms with van der Waals surface area (Å²) >= 11 is 0. The average molecular weight is 357 g/mol. The van der Waals surface area contributed by atoms with Crippen molar-refractivity contribution in [3.8, 4) is 0 Å². The summed E-state index contributed by atoms with van der Waals surface area (Å²) in [5.41, 5.74) is 2.55. The molecule has 2 aromatic rings. The van der Waals surface area contributed by atoms with Gasteiger partial charge in [-0.2, -0.15) is 5.10 Å². The molecule has 3 rings (SSSR count). The van der Waals surface area contributed by atoms with Crippen LogP contribution in [0, 0.1) is 0 Å². The summed E-state index contributed by atoms with van der Waals surface area (Å²) in [6.45, 7) is 4.21. The molecular weight excluding hydrogens is 334 g/mol. The van der Waals surface area contributed by atoms with Crippen LogP contribution in [0.1, 0.15) is 41.4 Å². The number of aromatic amines is 1. The second kappa shape index (κ2) is 6.80. The zero-order valence-corrected chi connectivity index (χ0v) is 15.3. The van der Waals surface area contributed by atoms with Crippen LogP contribution in [0.4, 0.5) is 11.5 Å². The number of hydrogen-bond donors (Lipinski definition) is 3. The minimum Gasteiger partial charge on any atom is -0.356 e. The first-order valence-corrected chi connectivity index (χ1v) is 8.44. The summed E-state index contributed by atoms with van der Waals surface area (Å²) in [5.74, 6) is 0.194. The van der Waals surface area contributed by atoms with E-state index in [1.807, 2.05) is 24.3 Å². The number of aliphatic hydroxyl groups is 1. The van der Waals surface area contributed by atoms with Gasteiger partial charge in [-0.15, -0.1) is 0 Å². The predicted molar refractivity (Wildman–Crippen MR) is 98.0 cm³/mol. The number of aliphatic hydroxyl groups excluding tert-OH is 1. The second-order valence-corrected chi connectivity index (χ2v) is 6.77. The lowest BCUT2D eigenvalue weighted by Crippen LogP contribution is -2.52. The van der Waals surface area contributed by atoms with E-state index < -0.39 is 6.35 Å². The Morgan fingerprint density at radius 2 is 1.92 bits per heavy atom. The molecule has 2 amide bonds. The van der Waals surface area contributed by atoms with Crippen LogP contribution in [0.5, 0.6) is 0 Å². The maximum atomic E-state index is 12.4. The van der Waals surface area contributed by atoms with Gasteiger partial charge in [-0.25, -0.2) is 0 Å². The number of H-pyrrole nitrogens is 1. The van der Waals surface area contributed by atoms with Crippen LogP contribution in [0.3, 0.4) is 0 Å². The van der Waals surface area contributed by atoms with E-state index >= 15 is 0 Å². The van der Waals surface area contributed by atoms with Crippen molar-refractivity contribution in [3.05, 3.63) is 41.1 Å². The molecule has 0 spiro atoms. The van der Waals surface area contributed by atoms with Crippen molar-refractivity contribution >= 4 is 23.3 Å². The van der Waals surface area contributed by atoms with Crippen LogP contribution >= 0.6 is 0 Å². The van der Waals surface area contributed by atoms with Crippen molar-refractivity contribution in [2.75, 3.05) is 24.3 Å². The van der Waals surface area contributed by atoms with Crippen molar-refractivity contribution in [2.24, 2.45) is 0 Å². The number of carbonyl (C=O) groups is 2. The van der Waals surface area contributed by atoms with E-state index in [1.54, 1.807) is 7.05 Å². The fourth-order valence-electron chi connectivity index (χ4n) is 2.94. The minimum atomic E-state index is -1.07. The van der Waals surface area contributed by atoms with Gasteiger partial charge in [0.1, 0.15) is 11.4 Å². The summed E-state index contributed by atoms with van der Waals surface area (Å²) in [4.78, 5) is 27.5. The smallest absolute Gasteiger partial charge is 0.262 e. The Labute approximate surface area is 151 Å². The summed E-state index contributed by atoms with van der Waals surface area (Å²) < 4.78 is 0. The number of amides is 2. The first-order valence-electron chi connectivity index (χ1n) is 8.44. The van der Waals surface area contributed by atoms with Crippen LogP contribution in [0.25, 0.3) is 0 Å². The Kier molecular flexibility index (Phi) is 4.69. The third-order valence-electron chi connectivity index (χ3n) is 4.59. The van der Waals surface area contributed by atoms with Crippen LogP contribution in [-0.2, 0) is 11.2 Å². The fourth-order valence-corrected chi connectivity index (χ4v) is 2.94. The molecule has 1 atom stereocenters. The quantitative estimate of drug-likeness (QED) is 0.770. The first kappa shape index (κ1) is 17.9. The highest BCUT2D eigenvalue weighted by Gasteiger charge is 2.36. The Hall–Kier alpha value is -2.87. The molecular formula is C18H23N5O3. The number of nitrogens with zero attached hydrogens (tertiary/aromatic N) is 3. The van der Waals surface area contributed by atoms with Gasteiger partial charge in [0, 0.05) is 19.8 Å². The van der Waals surface area contributed by atoms with Gasteiger partial charge in [0.05, 0.1) is 12.1 Å². The van der Waals surface area contributed by atoms with Crippen LogP contribution < -0.4 is 10.2 Å². The second-order valence-electron chi connectivity index (χ2n) is 6.77. The first-order chi connectivity index (χ1) is 12.3. The van der Waals surface area contributed by atoms with E-state index in [4.69, 9.17) is 0 Å². The Morgan fingerprint density at radius 3 is 2.54 bits per heavy atom. The number of carbonyl (C=O) groups excluding carboxylic acids is 2. The van der Waals surface area contributed by atoms with Crippen LogP contribution in [0.15, 0.2) is 24.3 Å². The van der Waals surface area contributed by atoms with Gasteiger partial charge in [-0.1, -0.05) is 26.0 Å². The lowest BCUT2D eigenvalue weighted by atomic mass is 10.0. The predicted octanol–water partition coefficient (Wildman–Crippen LogP) is 1.51. The number of rotatable bonds is 4. The largest absolute Gasteiger partial charge is 0.356 e. The van der Waals surface area contributed by atoms with Gasteiger partial charge < -0.3 is 15.3 Å². The zero-order chi connectivity index (χ0) is 19.0. The molecule has 0 fully saturated rings. The molecule has 8 nitrogen and oxygen atoms in total. The molecule has 3 N–H and O–H groups in total. The molecule has 1 aromatic heterocycles. The molecule has 8 heteroatoms. The minimum absolute atomic E-state index is 0.0404. The van der Waals surface area contributed by atoms with Crippen molar-refractivity contribution in [3.63, 3.8) is 0 Å². The summed E-state index contributed by atoms with van der Waals surface area (Å²) in [7, 11) is 3.14. The molecule has 0 aliphatic carbocycles. The summed E-state index contributed by atoms with van der Waals surface area (Å²) in [5, 5.41) is 19.7. The van der Waals surface area contributed by atoms with Gasteiger partial charge in [-0.3, -0.25) is 19.6 Å². The molecule has 26 heavy (non-hydrogen) atoms. The standard InChI is InChI=1S/C18H23N5O3/c1-10(2)11-5-7-12(8-6-11)19-14(24)9-13-15-16(21-20-13)22(3)18(26)23(4)17(15)25/h5-8,10,18,26H,9H2,1-4H3,(H,19,24)(H,20,21). The van der Waals surface area contributed by atoms with E-state index in [9.17, 15) is 14.7 Å². The van der Waals surface area contributed by atoms with Crippen LogP contribution in [-0.4, -0.2) is 52.5 Å². The van der Waals surface area contributed by atoms with Gasteiger partial charge >= 0.3 is 0 Å². The van der Waals surface area contributed by atoms with E-state index in [0.717, 1.165) is 0 Å². The lowest BCUT2D eigenvalue weighted by Gasteiger charge is -2.36. The Balaban J connectivity index is 1.75. The lowest BCUT2D eigenvalue weighted by molar-refractivity contribution is -0.115. The SMILES string of the molecule is CC(C)c1ccc(NC(=O)Cc2n[nH]c3c2C(=O)N(C)C(O)N3C)cc1. The van der Waals surface area contributed by atoms with E-state index in [1.165, 1.54) is 22.4 Å². The highest BCUT2D eigenvalue weighted by molar-refractivity contribution is 6.03. The van der Waals surface area contributed by atoms with Crippen molar-refractivity contribution in [1.29, 1.82) is 0 Å². The highest BCUT2D eigenvalue weighted by Crippen LogP contribution is 2.29. The van der Waals surface area contributed by atoms with E-state index in [2.05, 4.69) is 29.4 Å². The normalized spacial score (nSPS) is 16.8. The number of benzene rings is 1. The number of anilines is 2. The monoisotopic (exact) mass is 357 g/mol. The topological polar surface area (TPSA) is 102 Å². The van der Waals surface area contributed by atoms with E-state index in [0.29, 0.717) is 28.7 Å². The third kappa shape index (κ3) is 3.15. The van der Waals surface area contributed by atoms with Crippen LogP contribution in [0.2, 0.25) is 0 Å². The molecule has 0 saturated heterocycles. The highest BCUT2D eigenvalue weighted by atomic mass is 16.3. The molecule has 0 radical (unpaired) electrons. The average Bonchev–Trinajstić information content (AvgIpc) is 3.02. The summed E-state index contributed by atoms with van der Waals surface area (Å²) in [6.07, 6.45) is -1.11. The van der Waals surface area contributed by atoms with Crippen molar-refractivity contribution < 1.29 is 14.7 Å². The number of hydrogen-bond acceptors (Lipinski definition) is 5. The van der Waals surface area contributed by atoms with Gasteiger partial charge in [-0.05, 0) is 23.6 Å². The molecule has 1 aromatic carbocycles.